The minimum absolute atomic E-state index is 0.197. The van der Waals surface area contributed by atoms with E-state index in [1.54, 1.807) is 6.07 Å². The Hall–Kier alpha value is -3.94. The molecule has 0 atom stereocenters. The first-order valence-electron chi connectivity index (χ1n) is 9.99. The molecule has 2 aromatic carbocycles. The molecule has 2 heterocycles. The van der Waals surface area contributed by atoms with Crippen molar-refractivity contribution in [3.05, 3.63) is 81.4 Å². The zero-order valence-corrected chi connectivity index (χ0v) is 17.9. The van der Waals surface area contributed by atoms with Gasteiger partial charge >= 0.3 is 5.69 Å². The zero-order valence-electron chi connectivity index (χ0n) is 17.9. The lowest BCUT2D eigenvalue weighted by Gasteiger charge is -2.09. The molecule has 0 unspecified atom stereocenters. The van der Waals surface area contributed by atoms with Crippen molar-refractivity contribution in [3.8, 4) is 0 Å². The van der Waals surface area contributed by atoms with Crippen LogP contribution in [0.3, 0.4) is 0 Å². The molecule has 0 spiro atoms. The summed E-state index contributed by atoms with van der Waals surface area (Å²) in [5.41, 5.74) is 5.47. The molecule has 2 N–H and O–H groups in total. The maximum atomic E-state index is 13.0. The van der Waals surface area contributed by atoms with Crippen LogP contribution in [0.5, 0.6) is 0 Å². The maximum Gasteiger partial charge on any atom is 0.353 e. The van der Waals surface area contributed by atoms with Gasteiger partial charge in [-0.3, -0.25) is 4.79 Å². The number of benzene rings is 2. The fraction of sp³-hybridized carbons (Fsp3) is 0.217. The third kappa shape index (κ3) is 4.18. The summed E-state index contributed by atoms with van der Waals surface area (Å²) in [6.07, 6.45) is 0. The Balaban J connectivity index is 1.66. The SMILES string of the molecule is Cc1cc2nn(CC(=O)Nc3ccccc3C)c(=O)n2c(Nc2ccc(C)c(C)c2)n1. The van der Waals surface area contributed by atoms with Gasteiger partial charge in [-0.25, -0.2) is 18.9 Å². The molecule has 0 bridgehead atoms. The van der Waals surface area contributed by atoms with Crippen LogP contribution in [-0.4, -0.2) is 25.1 Å². The number of anilines is 3. The Morgan fingerprint density at radius 2 is 1.74 bits per heavy atom. The van der Waals surface area contributed by atoms with E-state index in [1.165, 1.54) is 9.96 Å². The number of aryl methyl sites for hydroxylation is 4. The molecule has 158 valence electrons. The highest BCUT2D eigenvalue weighted by molar-refractivity contribution is 5.91. The van der Waals surface area contributed by atoms with Crippen LogP contribution in [0.1, 0.15) is 22.4 Å². The van der Waals surface area contributed by atoms with E-state index in [0.717, 1.165) is 21.5 Å². The smallest absolute Gasteiger partial charge is 0.325 e. The molecule has 4 aromatic rings. The molecule has 4 rings (SSSR count). The molecule has 8 heteroatoms. The van der Waals surface area contributed by atoms with Gasteiger partial charge in [0.15, 0.2) is 5.65 Å². The van der Waals surface area contributed by atoms with Crippen LogP contribution in [0.2, 0.25) is 0 Å². The first-order valence-corrected chi connectivity index (χ1v) is 9.99. The third-order valence-corrected chi connectivity index (χ3v) is 5.17. The number of hydrogen-bond donors (Lipinski definition) is 2. The van der Waals surface area contributed by atoms with Crippen molar-refractivity contribution in [2.45, 2.75) is 34.2 Å². The third-order valence-electron chi connectivity index (χ3n) is 5.17. The maximum absolute atomic E-state index is 13.0. The Labute approximate surface area is 179 Å². The van der Waals surface area contributed by atoms with Crippen LogP contribution >= 0.6 is 0 Å². The van der Waals surface area contributed by atoms with Gasteiger partial charge in [0, 0.05) is 23.1 Å². The van der Waals surface area contributed by atoms with E-state index in [-0.39, 0.29) is 12.5 Å². The summed E-state index contributed by atoms with van der Waals surface area (Å²) < 4.78 is 2.53. The minimum Gasteiger partial charge on any atom is -0.325 e. The Morgan fingerprint density at radius 3 is 2.48 bits per heavy atom. The van der Waals surface area contributed by atoms with Gasteiger partial charge in [0.2, 0.25) is 11.9 Å². The number of rotatable bonds is 5. The van der Waals surface area contributed by atoms with Crippen molar-refractivity contribution in [2.24, 2.45) is 0 Å². The normalized spacial score (nSPS) is 11.0. The van der Waals surface area contributed by atoms with Crippen LogP contribution in [-0.2, 0) is 11.3 Å². The molecule has 0 aliphatic heterocycles. The zero-order chi connectivity index (χ0) is 22.1. The Kier molecular flexibility index (Phi) is 5.29. The highest BCUT2D eigenvalue weighted by Crippen LogP contribution is 2.19. The summed E-state index contributed by atoms with van der Waals surface area (Å²) in [6, 6.07) is 15.1. The van der Waals surface area contributed by atoms with Crippen molar-refractivity contribution in [1.82, 2.24) is 19.2 Å². The predicted octanol–water partition coefficient (Wildman–Crippen LogP) is 3.51. The number of para-hydroxylation sites is 1. The van der Waals surface area contributed by atoms with Crippen molar-refractivity contribution in [2.75, 3.05) is 10.6 Å². The number of aromatic nitrogens is 4. The average Bonchev–Trinajstić information content (AvgIpc) is 3.01. The molecule has 0 saturated carbocycles. The van der Waals surface area contributed by atoms with Gasteiger partial charge in [-0.15, -0.1) is 5.10 Å². The monoisotopic (exact) mass is 416 g/mol. The number of hydrogen-bond acceptors (Lipinski definition) is 5. The summed E-state index contributed by atoms with van der Waals surface area (Å²) in [7, 11) is 0. The lowest BCUT2D eigenvalue weighted by atomic mass is 10.1. The number of carbonyl (C=O) groups is 1. The molecule has 31 heavy (non-hydrogen) atoms. The Morgan fingerprint density at radius 1 is 0.968 bits per heavy atom. The average molecular weight is 416 g/mol. The highest BCUT2D eigenvalue weighted by Gasteiger charge is 2.16. The Bertz CT molecular complexity index is 1350. The number of fused-ring (bicyclic) bond motifs is 1. The van der Waals surface area contributed by atoms with Crippen molar-refractivity contribution in [3.63, 3.8) is 0 Å². The lowest BCUT2D eigenvalue weighted by Crippen LogP contribution is -2.29. The van der Waals surface area contributed by atoms with Crippen LogP contribution in [0.4, 0.5) is 17.3 Å². The predicted molar refractivity (Wildman–Crippen MR) is 121 cm³/mol. The second-order valence-corrected chi connectivity index (χ2v) is 7.64. The molecular weight excluding hydrogens is 392 g/mol. The summed E-state index contributed by atoms with van der Waals surface area (Å²) in [6.45, 7) is 7.61. The molecule has 0 radical (unpaired) electrons. The van der Waals surface area contributed by atoms with Crippen molar-refractivity contribution < 1.29 is 4.79 Å². The molecule has 8 nitrogen and oxygen atoms in total. The topological polar surface area (TPSA) is 93.3 Å². The quantitative estimate of drug-likeness (QED) is 0.519. The number of nitrogens with zero attached hydrogens (tertiary/aromatic N) is 4. The number of carbonyl (C=O) groups excluding carboxylic acids is 1. The van der Waals surface area contributed by atoms with Gasteiger partial charge in [-0.1, -0.05) is 24.3 Å². The standard InChI is InChI=1S/C23H24N6O2/c1-14-9-10-18(11-16(14)3)25-22-24-17(4)12-20-27-28(23(31)29(20)22)13-21(30)26-19-8-6-5-7-15(19)2/h5-12H,13H2,1-4H3,(H,24,25)(H,26,30). The van der Waals surface area contributed by atoms with E-state index >= 15 is 0 Å². The van der Waals surface area contributed by atoms with E-state index in [2.05, 4.69) is 20.7 Å². The van der Waals surface area contributed by atoms with E-state index in [9.17, 15) is 9.59 Å². The molecule has 1 amide bonds. The molecule has 0 saturated heterocycles. The van der Waals surface area contributed by atoms with Gasteiger partial charge in [0.25, 0.3) is 0 Å². The van der Waals surface area contributed by atoms with Crippen molar-refractivity contribution in [1.29, 1.82) is 0 Å². The molecular formula is C23H24N6O2. The first-order chi connectivity index (χ1) is 14.8. The van der Waals surface area contributed by atoms with Crippen LogP contribution in [0.25, 0.3) is 5.65 Å². The number of nitrogens with one attached hydrogen (secondary N) is 2. The molecule has 0 aliphatic carbocycles. The van der Waals surface area contributed by atoms with Gasteiger partial charge < -0.3 is 10.6 Å². The second kappa shape index (κ2) is 8.06. The fourth-order valence-electron chi connectivity index (χ4n) is 3.33. The van der Waals surface area contributed by atoms with Gasteiger partial charge in [-0.2, -0.15) is 0 Å². The molecule has 0 aliphatic rings. The van der Waals surface area contributed by atoms with Crippen LogP contribution in [0.15, 0.2) is 53.3 Å². The summed E-state index contributed by atoms with van der Waals surface area (Å²) >= 11 is 0. The van der Waals surface area contributed by atoms with Gasteiger partial charge in [-0.05, 0) is 62.6 Å². The lowest BCUT2D eigenvalue weighted by molar-refractivity contribution is -0.117. The van der Waals surface area contributed by atoms with Gasteiger partial charge in [0.1, 0.15) is 6.54 Å². The van der Waals surface area contributed by atoms with E-state index in [4.69, 9.17) is 0 Å². The number of amides is 1. The summed E-state index contributed by atoms with van der Waals surface area (Å²) in [5.74, 6) is 0.0296. The minimum atomic E-state index is -0.436. The van der Waals surface area contributed by atoms with Gasteiger partial charge in [0.05, 0.1) is 0 Å². The largest absolute Gasteiger partial charge is 0.353 e. The first kappa shape index (κ1) is 20.3. The summed E-state index contributed by atoms with van der Waals surface area (Å²) in [4.78, 5) is 30.0. The van der Waals surface area contributed by atoms with E-state index in [0.29, 0.717) is 23.0 Å². The second-order valence-electron chi connectivity index (χ2n) is 7.64. The molecule has 2 aromatic heterocycles. The van der Waals surface area contributed by atoms with Crippen LogP contribution in [0, 0.1) is 27.7 Å². The van der Waals surface area contributed by atoms with E-state index in [1.807, 2.05) is 70.2 Å². The molecule has 0 fully saturated rings. The van der Waals surface area contributed by atoms with Crippen LogP contribution < -0.4 is 16.3 Å². The van der Waals surface area contributed by atoms with E-state index < -0.39 is 5.69 Å². The fourth-order valence-corrected chi connectivity index (χ4v) is 3.33. The highest BCUT2D eigenvalue weighted by atomic mass is 16.2. The summed E-state index contributed by atoms with van der Waals surface area (Å²) in [5, 5.41) is 10.4. The van der Waals surface area contributed by atoms with Crippen molar-refractivity contribution >= 4 is 28.9 Å².